The third-order valence-corrected chi connectivity index (χ3v) is 23.2. The van der Waals surface area contributed by atoms with E-state index in [9.17, 15) is 38.4 Å². The van der Waals surface area contributed by atoms with E-state index >= 15 is 0 Å². The van der Waals surface area contributed by atoms with Gasteiger partial charge in [0, 0.05) is 136 Å². The number of carbonyl (C=O) groups is 8. The lowest BCUT2D eigenvalue weighted by molar-refractivity contribution is 0.0514. The lowest BCUT2D eigenvalue weighted by Gasteiger charge is -2.35. The highest BCUT2D eigenvalue weighted by atomic mass is 79.9. The molecule has 0 saturated carbocycles. The summed E-state index contributed by atoms with van der Waals surface area (Å²) in [5.41, 5.74) is 10.1. The maximum absolute atomic E-state index is 14.5. The van der Waals surface area contributed by atoms with Gasteiger partial charge in [-0.05, 0) is 208 Å². The predicted octanol–water partition coefficient (Wildman–Crippen LogP) is 20.0. The smallest absolute Gasteiger partial charge is 0.261 e. The fraction of sp³-hybridized carbons (Fsp3) is 0.236. The molecule has 106 heavy (non-hydrogen) atoms. The first-order valence-corrected chi connectivity index (χ1v) is 37.6. The lowest BCUT2D eigenvalue weighted by Crippen LogP contribution is -2.46. The van der Waals surface area contributed by atoms with Crippen molar-refractivity contribution in [2.24, 2.45) is 0 Å². The van der Waals surface area contributed by atoms with E-state index in [4.69, 9.17) is 4.98 Å². The molecule has 0 spiro atoms. The number of amides is 8. The van der Waals surface area contributed by atoms with Crippen LogP contribution in [0, 0.1) is 6.92 Å². The molecule has 0 unspecified atom stereocenters. The summed E-state index contributed by atoms with van der Waals surface area (Å²) in [6.07, 6.45) is 12.6. The summed E-state index contributed by atoms with van der Waals surface area (Å²) in [5, 5.41) is 12.9. The van der Waals surface area contributed by atoms with Gasteiger partial charge < -0.3 is 0 Å². The van der Waals surface area contributed by atoms with Crippen molar-refractivity contribution in [2.45, 2.75) is 138 Å². The normalized spacial score (nSPS) is 14.3. The molecule has 0 atom stereocenters. The summed E-state index contributed by atoms with van der Waals surface area (Å²) in [6.45, 7) is 18.0. The Kier molecular flexibility index (Phi) is 17.4. The van der Waals surface area contributed by atoms with Gasteiger partial charge in [-0.1, -0.05) is 132 Å². The van der Waals surface area contributed by atoms with Crippen LogP contribution in [0.3, 0.4) is 0 Å². The van der Waals surface area contributed by atoms with Crippen molar-refractivity contribution in [3.8, 4) is 33.9 Å². The first-order valence-electron chi connectivity index (χ1n) is 36.8. The largest absolute Gasteiger partial charge is 0.271 e. The molecule has 0 radical (unpaired) electrons. The number of aromatic nitrogens is 4. The van der Waals surface area contributed by atoms with Crippen LogP contribution in [0.2, 0.25) is 0 Å². The van der Waals surface area contributed by atoms with E-state index in [0.717, 1.165) is 97.3 Å². The Labute approximate surface area is 620 Å². The Hall–Kier alpha value is -11.6. The van der Waals surface area contributed by atoms with Crippen molar-refractivity contribution >= 4 is 149 Å². The minimum atomic E-state index is -0.303. The Bertz CT molecular complexity index is 6020. The second-order valence-electron chi connectivity index (χ2n) is 28.0. The highest BCUT2D eigenvalue weighted by Gasteiger charge is 2.43. The molecule has 16 nitrogen and oxygen atoms in total. The van der Waals surface area contributed by atoms with E-state index in [1.165, 1.54) is 25.2 Å². The maximum Gasteiger partial charge on any atom is 0.261 e. The zero-order valence-corrected chi connectivity index (χ0v) is 61.9. The number of nitrogens with zero attached hydrogens (tertiary/aromatic N) is 8. The second-order valence-corrected chi connectivity index (χ2v) is 28.8. The second kappa shape index (κ2) is 26.9. The highest BCUT2D eigenvalue weighted by Crippen LogP contribution is 2.52. The predicted molar refractivity (Wildman–Crippen MR) is 421 cm³/mol. The molecular weight excluding hydrogens is 1390 g/mol. The van der Waals surface area contributed by atoms with Crippen LogP contribution in [0.1, 0.15) is 195 Å². The molecule has 4 aliphatic rings. The number of halogens is 1. The standard InChI is InChI=1S/C44H36N4O4.C34H29BrN2O4.C11H10N2/c1-5-24(6-2)47-41(49)29-16-13-26-27-14-17-31-39-33(44(52)48(43(31)51)25(7-3)8-4)21-32(23-12-19-35(46-22-23)34-11-9-10-20-45-34)37(40(27)39)28-15-18-30(42(47)50)38(29)36(26)28;1-5-16(6-2)36-31(38)21-12-9-18-19-10-13-23-28-24(34(41)37(33(23)40)17(7-3)8-4)15-25(35)29(30(19)28)20-11-14-22(32(36)39)27(21)26(18)20;1-9-5-6-11(13-8-9)10-4-2-3-7-12-10/h9-22,24-25H,5-8H2,1-4H3;9-17H,5-8H2,1-4H3;2-8H,1H3. The van der Waals surface area contributed by atoms with Gasteiger partial charge in [0.1, 0.15) is 0 Å². The van der Waals surface area contributed by atoms with E-state index in [1.807, 2.05) is 214 Å². The van der Waals surface area contributed by atoms with E-state index < -0.39 is 0 Å². The minimum Gasteiger partial charge on any atom is -0.271 e. The number of rotatable bonds is 15. The Morgan fingerprint density at radius 2 is 0.594 bits per heavy atom. The molecule has 0 N–H and O–H groups in total. The van der Waals surface area contributed by atoms with Crippen LogP contribution in [-0.2, 0) is 0 Å². The van der Waals surface area contributed by atoms with Crippen molar-refractivity contribution in [1.82, 2.24) is 39.5 Å². The van der Waals surface area contributed by atoms with E-state index in [2.05, 4.69) is 30.9 Å². The fourth-order valence-electron chi connectivity index (χ4n) is 17.3. The summed E-state index contributed by atoms with van der Waals surface area (Å²) in [7, 11) is 0. The molecule has 4 aliphatic heterocycles. The number of hydrogen-bond donors (Lipinski definition) is 0. The van der Waals surface area contributed by atoms with E-state index in [1.54, 1.807) is 18.6 Å². The van der Waals surface area contributed by atoms with Crippen LogP contribution in [0.5, 0.6) is 0 Å². The Morgan fingerprint density at radius 1 is 0.283 bits per heavy atom. The van der Waals surface area contributed by atoms with Crippen LogP contribution in [0.25, 0.3) is 120 Å². The van der Waals surface area contributed by atoms with Crippen molar-refractivity contribution in [3.63, 3.8) is 0 Å². The quantitative estimate of drug-likeness (QED) is 0.0535. The molecular formula is C89H75BrN8O8. The summed E-state index contributed by atoms with van der Waals surface area (Å²) in [6, 6.07) is 45.2. The van der Waals surface area contributed by atoms with Gasteiger partial charge in [0.2, 0.25) is 0 Å². The minimum absolute atomic E-state index is 0.161. The molecule has 0 fully saturated rings. The summed E-state index contributed by atoms with van der Waals surface area (Å²) in [5.74, 6) is -2.19. The number of carbonyl (C=O) groups excluding carboxylic acids is 8. The molecule has 18 rings (SSSR count). The number of hydrogen-bond acceptors (Lipinski definition) is 12. The monoisotopic (exact) mass is 1460 g/mol. The van der Waals surface area contributed by atoms with E-state index in [-0.39, 0.29) is 71.4 Å². The van der Waals surface area contributed by atoms with Gasteiger partial charge in [-0.3, -0.25) is 77.9 Å². The van der Waals surface area contributed by atoms with Crippen LogP contribution < -0.4 is 0 Å². The maximum atomic E-state index is 14.5. The summed E-state index contributed by atoms with van der Waals surface area (Å²) < 4.78 is 0.740. The number of benzene rings is 10. The third kappa shape index (κ3) is 10.3. The number of fused-ring (bicyclic) bond motifs is 4. The van der Waals surface area contributed by atoms with Crippen molar-refractivity contribution in [1.29, 1.82) is 0 Å². The van der Waals surface area contributed by atoms with Crippen LogP contribution in [-0.4, -0.2) is 111 Å². The average molecular weight is 1460 g/mol. The fourth-order valence-corrected chi connectivity index (χ4v) is 17.9. The average Bonchev–Trinajstić information content (AvgIpc) is 0.689. The van der Waals surface area contributed by atoms with Crippen molar-refractivity contribution in [3.05, 3.63) is 225 Å². The van der Waals surface area contributed by atoms with E-state index in [0.29, 0.717) is 123 Å². The molecule has 526 valence electrons. The Balaban J connectivity index is 0.000000141. The van der Waals surface area contributed by atoms with Crippen molar-refractivity contribution in [2.75, 3.05) is 0 Å². The first kappa shape index (κ1) is 68.8. The van der Waals surface area contributed by atoms with Crippen LogP contribution in [0.4, 0.5) is 0 Å². The zero-order valence-electron chi connectivity index (χ0n) is 60.4. The van der Waals surface area contributed by atoms with Gasteiger partial charge >= 0.3 is 0 Å². The first-order chi connectivity index (χ1) is 51.5. The van der Waals surface area contributed by atoms with Gasteiger partial charge in [0.25, 0.3) is 47.3 Å². The molecule has 0 aliphatic carbocycles. The molecule has 0 bridgehead atoms. The molecule has 8 heterocycles. The Morgan fingerprint density at radius 3 is 0.934 bits per heavy atom. The number of aryl methyl sites for hydroxylation is 1. The van der Waals surface area contributed by atoms with Gasteiger partial charge in [-0.25, -0.2) is 0 Å². The van der Waals surface area contributed by atoms with Gasteiger partial charge in [-0.2, -0.15) is 0 Å². The summed E-state index contributed by atoms with van der Waals surface area (Å²) >= 11 is 3.78. The highest BCUT2D eigenvalue weighted by molar-refractivity contribution is 9.10. The summed E-state index contributed by atoms with van der Waals surface area (Å²) in [4.78, 5) is 136. The van der Waals surface area contributed by atoms with Gasteiger partial charge in [-0.15, -0.1) is 0 Å². The van der Waals surface area contributed by atoms with Crippen LogP contribution in [0.15, 0.2) is 175 Å². The molecule has 17 heteroatoms. The molecule has 0 saturated heterocycles. The molecule has 10 aromatic carbocycles. The topological polar surface area (TPSA) is 201 Å². The molecule has 8 amide bonds. The molecule has 14 aromatic rings. The number of imide groups is 4. The van der Waals surface area contributed by atoms with Crippen LogP contribution >= 0.6 is 15.9 Å². The zero-order chi connectivity index (χ0) is 74.0. The SMILES string of the molecule is CCC(CC)N1C(=O)c2ccc3c4ccc5c6c(cc(-c7ccc(-c8ccccn8)nc7)c(c7ccc(c2c37)C1=O)c64)C(=O)N(C(CC)CC)C5=O.CCC(CC)N1C(=O)c2ccc3c4ccc5c6c(cc(Br)c(c7ccc(c2c37)C1=O)c64)C(=O)N(C(CC)CC)C5=O.Cc1ccc(-c2ccccn2)nc1. The van der Waals surface area contributed by atoms with Crippen molar-refractivity contribution < 1.29 is 38.4 Å². The molecule has 4 aromatic heterocycles. The number of pyridine rings is 4. The lowest BCUT2D eigenvalue weighted by atomic mass is 9.79. The van der Waals surface area contributed by atoms with Gasteiger partial charge in [0.05, 0.1) is 22.8 Å². The van der Waals surface area contributed by atoms with Gasteiger partial charge in [0.15, 0.2) is 0 Å². The third-order valence-electron chi connectivity index (χ3n) is 22.6.